The average Bonchev–Trinajstić information content (AvgIpc) is 3.02. The average molecular weight is 346 g/mol. The molecule has 0 aliphatic carbocycles. The van der Waals surface area contributed by atoms with Crippen molar-refractivity contribution in [1.82, 2.24) is 10.2 Å². The van der Waals surface area contributed by atoms with Gasteiger partial charge in [0.1, 0.15) is 0 Å². The lowest BCUT2D eigenvalue weighted by atomic mass is 10.1. The zero-order valence-corrected chi connectivity index (χ0v) is 15.2. The number of hydrogen-bond acceptors (Lipinski definition) is 4. The second kappa shape index (κ2) is 9.32. The van der Waals surface area contributed by atoms with Crippen molar-refractivity contribution in [2.45, 2.75) is 57.9 Å². The second-order valence-corrected chi connectivity index (χ2v) is 7.10. The maximum absolute atomic E-state index is 12.4. The van der Waals surface area contributed by atoms with Crippen molar-refractivity contribution in [3.63, 3.8) is 0 Å². The van der Waals surface area contributed by atoms with E-state index >= 15 is 0 Å². The highest BCUT2D eigenvalue weighted by Crippen LogP contribution is 2.23. The zero-order valence-electron chi connectivity index (χ0n) is 15.2. The van der Waals surface area contributed by atoms with E-state index in [1.807, 2.05) is 4.90 Å². The molecule has 2 aliphatic heterocycles. The first-order chi connectivity index (χ1) is 12.2. The Labute approximate surface area is 150 Å². The number of ether oxygens (including phenoxy) is 2. The van der Waals surface area contributed by atoms with E-state index in [4.69, 9.17) is 9.47 Å². The molecule has 2 fully saturated rings. The number of amides is 1. The SMILES string of the molecule is C[C@@H](CC(=O)N1CCCCCC1)NCc1ccc(C2OCCO2)cc1. The van der Waals surface area contributed by atoms with Gasteiger partial charge in [0.15, 0.2) is 6.29 Å². The highest BCUT2D eigenvalue weighted by Gasteiger charge is 2.19. The highest BCUT2D eigenvalue weighted by molar-refractivity contribution is 5.76. The summed E-state index contributed by atoms with van der Waals surface area (Å²) in [6.45, 7) is 6.04. The lowest BCUT2D eigenvalue weighted by Gasteiger charge is -2.23. The van der Waals surface area contributed by atoms with Gasteiger partial charge in [0.25, 0.3) is 0 Å². The molecule has 5 heteroatoms. The summed E-state index contributed by atoms with van der Waals surface area (Å²) in [5.41, 5.74) is 2.27. The normalized spacial score (nSPS) is 20.4. The molecular formula is C20H30N2O3. The highest BCUT2D eigenvalue weighted by atomic mass is 16.7. The molecule has 0 spiro atoms. The number of nitrogens with one attached hydrogen (secondary N) is 1. The van der Waals surface area contributed by atoms with Gasteiger partial charge in [0.2, 0.25) is 5.91 Å². The maximum Gasteiger partial charge on any atom is 0.224 e. The molecule has 0 radical (unpaired) electrons. The summed E-state index contributed by atoms with van der Waals surface area (Å²) in [6.07, 6.45) is 5.16. The number of rotatable bonds is 6. The van der Waals surface area contributed by atoms with Crippen molar-refractivity contribution in [2.24, 2.45) is 0 Å². The molecule has 1 atom stereocenters. The van der Waals surface area contributed by atoms with Crippen molar-refractivity contribution in [3.8, 4) is 0 Å². The van der Waals surface area contributed by atoms with Crippen molar-refractivity contribution in [3.05, 3.63) is 35.4 Å². The molecule has 0 saturated carbocycles. The quantitative estimate of drug-likeness (QED) is 0.860. The van der Waals surface area contributed by atoms with Crippen LogP contribution in [-0.4, -0.2) is 43.2 Å². The van der Waals surface area contributed by atoms with Crippen LogP contribution in [0.1, 0.15) is 56.4 Å². The summed E-state index contributed by atoms with van der Waals surface area (Å²) in [6, 6.07) is 8.48. The minimum atomic E-state index is -0.216. The fourth-order valence-corrected chi connectivity index (χ4v) is 3.42. The standard InChI is InChI=1S/C20H30N2O3/c1-16(14-19(23)22-10-4-2-3-5-11-22)21-15-17-6-8-18(9-7-17)20-24-12-13-25-20/h6-9,16,20-21H,2-5,10-15H2,1H3/t16-/m0/s1. The largest absolute Gasteiger partial charge is 0.346 e. The Morgan fingerprint density at radius 3 is 2.40 bits per heavy atom. The topological polar surface area (TPSA) is 50.8 Å². The van der Waals surface area contributed by atoms with Crippen LogP contribution in [0.5, 0.6) is 0 Å². The Morgan fingerprint density at radius 2 is 1.76 bits per heavy atom. The molecule has 3 rings (SSSR count). The molecule has 5 nitrogen and oxygen atoms in total. The molecule has 1 aromatic rings. The van der Waals surface area contributed by atoms with Gasteiger partial charge in [0, 0.05) is 37.7 Å². The van der Waals surface area contributed by atoms with Gasteiger partial charge in [-0.15, -0.1) is 0 Å². The van der Waals surface area contributed by atoms with Gasteiger partial charge in [-0.2, -0.15) is 0 Å². The number of carbonyl (C=O) groups is 1. The van der Waals surface area contributed by atoms with E-state index in [1.54, 1.807) is 0 Å². The second-order valence-electron chi connectivity index (χ2n) is 7.10. The predicted molar refractivity (Wildman–Crippen MR) is 97.1 cm³/mol. The van der Waals surface area contributed by atoms with Crippen LogP contribution in [0.3, 0.4) is 0 Å². The lowest BCUT2D eigenvalue weighted by molar-refractivity contribution is -0.131. The number of carbonyl (C=O) groups excluding carboxylic acids is 1. The summed E-state index contributed by atoms with van der Waals surface area (Å²) in [5, 5.41) is 3.46. The zero-order chi connectivity index (χ0) is 17.5. The van der Waals surface area contributed by atoms with Gasteiger partial charge in [-0.05, 0) is 25.3 Å². The lowest BCUT2D eigenvalue weighted by Crippen LogP contribution is -2.37. The summed E-state index contributed by atoms with van der Waals surface area (Å²) in [4.78, 5) is 14.5. The molecule has 2 aliphatic rings. The van der Waals surface area contributed by atoms with Crippen LogP contribution < -0.4 is 5.32 Å². The summed E-state index contributed by atoms with van der Waals surface area (Å²) in [5.74, 6) is 0.285. The van der Waals surface area contributed by atoms with Gasteiger partial charge >= 0.3 is 0 Å². The van der Waals surface area contributed by atoms with Gasteiger partial charge < -0.3 is 19.7 Å². The third-order valence-electron chi connectivity index (χ3n) is 4.97. The molecule has 2 saturated heterocycles. The molecule has 2 heterocycles. The van der Waals surface area contributed by atoms with Gasteiger partial charge in [-0.3, -0.25) is 4.79 Å². The predicted octanol–water partition coefficient (Wildman–Crippen LogP) is 3.00. The van der Waals surface area contributed by atoms with Crippen LogP contribution in [0.25, 0.3) is 0 Å². The summed E-state index contributed by atoms with van der Waals surface area (Å²) >= 11 is 0. The molecule has 1 amide bonds. The number of likely N-dealkylation sites (tertiary alicyclic amines) is 1. The Morgan fingerprint density at radius 1 is 1.12 bits per heavy atom. The maximum atomic E-state index is 12.4. The van der Waals surface area contributed by atoms with E-state index in [-0.39, 0.29) is 18.2 Å². The molecule has 1 aromatic carbocycles. The number of benzene rings is 1. The Bertz CT molecular complexity index is 532. The number of hydrogen-bond donors (Lipinski definition) is 1. The third kappa shape index (κ3) is 5.53. The first kappa shape index (κ1) is 18.4. The summed E-state index contributed by atoms with van der Waals surface area (Å²) < 4.78 is 11.0. The van der Waals surface area contributed by atoms with Gasteiger partial charge in [-0.25, -0.2) is 0 Å². The van der Waals surface area contributed by atoms with E-state index < -0.39 is 0 Å². The molecule has 0 aromatic heterocycles. The van der Waals surface area contributed by atoms with Crippen LogP contribution in [0.15, 0.2) is 24.3 Å². The van der Waals surface area contributed by atoms with Crippen LogP contribution in [0.4, 0.5) is 0 Å². The minimum absolute atomic E-state index is 0.178. The van der Waals surface area contributed by atoms with E-state index in [0.717, 1.165) is 38.0 Å². The Balaban J connectivity index is 1.42. The third-order valence-corrected chi connectivity index (χ3v) is 4.97. The van der Waals surface area contributed by atoms with Crippen LogP contribution in [-0.2, 0) is 20.8 Å². The molecule has 0 unspecified atom stereocenters. The van der Waals surface area contributed by atoms with E-state index in [2.05, 4.69) is 36.5 Å². The minimum Gasteiger partial charge on any atom is -0.346 e. The van der Waals surface area contributed by atoms with E-state index in [9.17, 15) is 4.79 Å². The smallest absolute Gasteiger partial charge is 0.224 e. The molecule has 25 heavy (non-hydrogen) atoms. The fourth-order valence-electron chi connectivity index (χ4n) is 3.42. The van der Waals surface area contributed by atoms with Crippen LogP contribution in [0, 0.1) is 0 Å². The van der Waals surface area contributed by atoms with Crippen LogP contribution in [0.2, 0.25) is 0 Å². The van der Waals surface area contributed by atoms with E-state index in [1.165, 1.54) is 18.4 Å². The van der Waals surface area contributed by atoms with Crippen molar-refractivity contribution in [1.29, 1.82) is 0 Å². The van der Waals surface area contributed by atoms with Gasteiger partial charge in [-0.1, -0.05) is 37.1 Å². The number of nitrogens with zero attached hydrogens (tertiary/aromatic N) is 1. The van der Waals surface area contributed by atoms with Gasteiger partial charge in [0.05, 0.1) is 13.2 Å². The van der Waals surface area contributed by atoms with E-state index in [0.29, 0.717) is 19.6 Å². The van der Waals surface area contributed by atoms with Crippen molar-refractivity contribution >= 4 is 5.91 Å². The monoisotopic (exact) mass is 346 g/mol. The van der Waals surface area contributed by atoms with Crippen molar-refractivity contribution in [2.75, 3.05) is 26.3 Å². The summed E-state index contributed by atoms with van der Waals surface area (Å²) in [7, 11) is 0. The van der Waals surface area contributed by atoms with Crippen LogP contribution >= 0.6 is 0 Å². The molecule has 1 N–H and O–H groups in total. The first-order valence-corrected chi connectivity index (χ1v) is 9.55. The Kier molecular flexibility index (Phi) is 6.84. The first-order valence-electron chi connectivity index (χ1n) is 9.55. The fraction of sp³-hybridized carbons (Fsp3) is 0.650. The molecular weight excluding hydrogens is 316 g/mol. The molecule has 0 bridgehead atoms. The van der Waals surface area contributed by atoms with Crippen molar-refractivity contribution < 1.29 is 14.3 Å². The molecule has 138 valence electrons. The Hall–Kier alpha value is -1.43.